The van der Waals surface area contributed by atoms with E-state index in [0.717, 1.165) is 21.7 Å². The van der Waals surface area contributed by atoms with Crippen LogP contribution < -0.4 is 14.9 Å². The van der Waals surface area contributed by atoms with E-state index in [9.17, 15) is 18.0 Å². The van der Waals surface area contributed by atoms with Crippen molar-refractivity contribution in [3.8, 4) is 0 Å². The predicted octanol–water partition coefficient (Wildman–Crippen LogP) is 2.04. The van der Waals surface area contributed by atoms with Crippen molar-refractivity contribution in [2.24, 2.45) is 0 Å². The third-order valence-electron chi connectivity index (χ3n) is 3.90. The molecule has 0 saturated carbocycles. The first-order valence-electron chi connectivity index (χ1n) is 8.33. The van der Waals surface area contributed by atoms with Crippen LogP contribution in [0.5, 0.6) is 0 Å². The summed E-state index contributed by atoms with van der Waals surface area (Å²) >= 11 is 0. The van der Waals surface area contributed by atoms with Gasteiger partial charge in [0, 0.05) is 19.2 Å². The standard InChI is InChI=1S/C19H23N3O4S/c1-14-6-4-5-7-16(14)12-20-19(24)13-22(27(3,25)26)18-10-8-17(9-11-18)21-15(2)23/h4-11H,12-13H2,1-3H3,(H,20,24)(H,21,23). The van der Waals surface area contributed by atoms with Crippen LogP contribution in [0.4, 0.5) is 11.4 Å². The Bertz CT molecular complexity index is 924. The zero-order valence-electron chi connectivity index (χ0n) is 15.5. The number of nitrogens with zero attached hydrogens (tertiary/aromatic N) is 1. The molecular weight excluding hydrogens is 366 g/mol. The second-order valence-corrected chi connectivity index (χ2v) is 8.11. The molecule has 0 spiro atoms. The summed E-state index contributed by atoms with van der Waals surface area (Å²) in [5.74, 6) is -0.632. The van der Waals surface area contributed by atoms with E-state index >= 15 is 0 Å². The molecule has 0 saturated heterocycles. The molecule has 2 rings (SSSR count). The van der Waals surface area contributed by atoms with E-state index in [0.29, 0.717) is 17.9 Å². The average Bonchev–Trinajstić information content (AvgIpc) is 2.58. The lowest BCUT2D eigenvalue weighted by Crippen LogP contribution is -2.40. The van der Waals surface area contributed by atoms with Crippen molar-refractivity contribution in [3.63, 3.8) is 0 Å². The summed E-state index contributed by atoms with van der Waals surface area (Å²) in [6, 6.07) is 13.9. The summed E-state index contributed by atoms with van der Waals surface area (Å²) in [6.45, 7) is 3.32. The first-order chi connectivity index (χ1) is 12.7. The van der Waals surface area contributed by atoms with Gasteiger partial charge in [-0.1, -0.05) is 24.3 Å². The van der Waals surface area contributed by atoms with Crippen molar-refractivity contribution in [1.29, 1.82) is 0 Å². The number of anilines is 2. The smallest absolute Gasteiger partial charge is 0.241 e. The van der Waals surface area contributed by atoms with E-state index in [1.807, 2.05) is 31.2 Å². The fourth-order valence-corrected chi connectivity index (χ4v) is 3.36. The number of benzene rings is 2. The van der Waals surface area contributed by atoms with Crippen molar-refractivity contribution in [2.75, 3.05) is 22.4 Å². The van der Waals surface area contributed by atoms with Crippen LogP contribution >= 0.6 is 0 Å². The van der Waals surface area contributed by atoms with Crippen LogP contribution in [0.25, 0.3) is 0 Å². The molecule has 2 amide bonds. The molecule has 0 bridgehead atoms. The molecule has 0 heterocycles. The first kappa shape index (κ1) is 20.4. The van der Waals surface area contributed by atoms with E-state index in [1.54, 1.807) is 24.3 Å². The molecule has 0 aromatic heterocycles. The van der Waals surface area contributed by atoms with Gasteiger partial charge in [-0.3, -0.25) is 13.9 Å². The minimum atomic E-state index is -3.65. The second kappa shape index (κ2) is 8.68. The molecule has 0 aliphatic carbocycles. The Hall–Kier alpha value is -2.87. The number of nitrogens with one attached hydrogen (secondary N) is 2. The van der Waals surface area contributed by atoms with Gasteiger partial charge in [-0.25, -0.2) is 8.42 Å². The summed E-state index contributed by atoms with van der Waals surface area (Å²) in [6.07, 6.45) is 1.04. The van der Waals surface area contributed by atoms with Crippen LogP contribution in [0.3, 0.4) is 0 Å². The van der Waals surface area contributed by atoms with Gasteiger partial charge in [0.25, 0.3) is 0 Å². The van der Waals surface area contributed by atoms with Crippen molar-refractivity contribution in [1.82, 2.24) is 5.32 Å². The topological polar surface area (TPSA) is 95.6 Å². The van der Waals surface area contributed by atoms with Gasteiger partial charge in [-0.05, 0) is 42.3 Å². The number of rotatable bonds is 7. The molecular formula is C19H23N3O4S. The second-order valence-electron chi connectivity index (χ2n) is 6.20. The highest BCUT2D eigenvalue weighted by Crippen LogP contribution is 2.20. The Balaban J connectivity index is 2.09. The Kier molecular flexibility index (Phi) is 6.57. The fraction of sp³-hybridized carbons (Fsp3) is 0.263. The molecule has 27 heavy (non-hydrogen) atoms. The monoisotopic (exact) mass is 389 g/mol. The maximum atomic E-state index is 12.3. The highest BCUT2D eigenvalue weighted by atomic mass is 32.2. The summed E-state index contributed by atoms with van der Waals surface area (Å²) < 4.78 is 25.3. The normalized spacial score (nSPS) is 10.9. The lowest BCUT2D eigenvalue weighted by molar-refractivity contribution is -0.119. The number of carbonyl (C=O) groups excluding carboxylic acids is 2. The molecule has 0 aliphatic rings. The largest absolute Gasteiger partial charge is 0.350 e. The molecule has 0 radical (unpaired) electrons. The molecule has 0 fully saturated rings. The molecule has 2 N–H and O–H groups in total. The molecule has 8 heteroatoms. The highest BCUT2D eigenvalue weighted by molar-refractivity contribution is 7.92. The van der Waals surface area contributed by atoms with Crippen LogP contribution in [0.15, 0.2) is 48.5 Å². The zero-order valence-corrected chi connectivity index (χ0v) is 16.3. The zero-order chi connectivity index (χ0) is 20.0. The molecule has 0 unspecified atom stereocenters. The van der Waals surface area contributed by atoms with Gasteiger partial charge < -0.3 is 10.6 Å². The minimum absolute atomic E-state index is 0.224. The minimum Gasteiger partial charge on any atom is -0.350 e. The van der Waals surface area contributed by atoms with Crippen molar-refractivity contribution in [2.45, 2.75) is 20.4 Å². The first-order valence-corrected chi connectivity index (χ1v) is 10.2. The van der Waals surface area contributed by atoms with E-state index in [-0.39, 0.29) is 12.5 Å². The average molecular weight is 389 g/mol. The number of hydrogen-bond acceptors (Lipinski definition) is 4. The molecule has 0 atom stereocenters. The Labute approximate surface area is 159 Å². The van der Waals surface area contributed by atoms with Gasteiger partial charge in [0.05, 0.1) is 11.9 Å². The van der Waals surface area contributed by atoms with Gasteiger partial charge in [-0.2, -0.15) is 0 Å². The van der Waals surface area contributed by atoms with E-state index in [2.05, 4.69) is 10.6 Å². The van der Waals surface area contributed by atoms with Gasteiger partial charge in [0.1, 0.15) is 6.54 Å². The van der Waals surface area contributed by atoms with Crippen LogP contribution in [0.2, 0.25) is 0 Å². The molecule has 2 aromatic rings. The molecule has 0 aliphatic heterocycles. The number of amides is 2. The summed E-state index contributed by atoms with van der Waals surface area (Å²) in [5.41, 5.74) is 2.91. The van der Waals surface area contributed by atoms with E-state index in [4.69, 9.17) is 0 Å². The van der Waals surface area contributed by atoms with Crippen molar-refractivity contribution < 1.29 is 18.0 Å². The van der Waals surface area contributed by atoms with Gasteiger partial charge in [0.15, 0.2) is 0 Å². The Morgan fingerprint density at radius 2 is 1.67 bits per heavy atom. The van der Waals surface area contributed by atoms with Gasteiger partial charge in [0.2, 0.25) is 21.8 Å². The Morgan fingerprint density at radius 3 is 2.22 bits per heavy atom. The third kappa shape index (κ3) is 6.10. The van der Waals surface area contributed by atoms with Crippen LogP contribution in [-0.2, 0) is 26.2 Å². The van der Waals surface area contributed by atoms with Crippen molar-refractivity contribution in [3.05, 3.63) is 59.7 Å². The van der Waals surface area contributed by atoms with E-state index in [1.165, 1.54) is 6.92 Å². The van der Waals surface area contributed by atoms with Crippen molar-refractivity contribution >= 4 is 33.2 Å². The summed E-state index contributed by atoms with van der Waals surface area (Å²) in [5, 5.41) is 5.36. The summed E-state index contributed by atoms with van der Waals surface area (Å²) in [4.78, 5) is 23.4. The molecule has 2 aromatic carbocycles. The van der Waals surface area contributed by atoms with E-state index < -0.39 is 15.9 Å². The highest BCUT2D eigenvalue weighted by Gasteiger charge is 2.20. The van der Waals surface area contributed by atoms with Crippen LogP contribution in [0.1, 0.15) is 18.1 Å². The predicted molar refractivity (Wildman–Crippen MR) is 106 cm³/mol. The maximum absolute atomic E-state index is 12.3. The SMILES string of the molecule is CC(=O)Nc1ccc(N(CC(=O)NCc2ccccc2C)S(C)(=O)=O)cc1. The number of sulfonamides is 1. The lowest BCUT2D eigenvalue weighted by Gasteiger charge is -2.22. The third-order valence-corrected chi connectivity index (χ3v) is 5.04. The molecule has 7 nitrogen and oxygen atoms in total. The fourth-order valence-electron chi connectivity index (χ4n) is 2.50. The Morgan fingerprint density at radius 1 is 1.04 bits per heavy atom. The maximum Gasteiger partial charge on any atom is 0.241 e. The van der Waals surface area contributed by atoms with Crippen LogP contribution in [0, 0.1) is 6.92 Å². The number of aryl methyl sites for hydroxylation is 1. The number of hydrogen-bond donors (Lipinski definition) is 2. The lowest BCUT2D eigenvalue weighted by atomic mass is 10.1. The van der Waals surface area contributed by atoms with Gasteiger partial charge in [-0.15, -0.1) is 0 Å². The number of carbonyl (C=O) groups is 2. The van der Waals surface area contributed by atoms with Gasteiger partial charge >= 0.3 is 0 Å². The summed E-state index contributed by atoms with van der Waals surface area (Å²) in [7, 11) is -3.65. The molecule has 144 valence electrons. The van der Waals surface area contributed by atoms with Crippen LogP contribution in [-0.4, -0.2) is 33.0 Å². The quantitative estimate of drug-likeness (QED) is 0.757.